The number of fused-ring (bicyclic) bond motifs is 3. The molecule has 10 heteroatoms. The Morgan fingerprint density at radius 3 is 2.79 bits per heavy atom. The Kier molecular flexibility index (Phi) is 5.19. The molecule has 194 valence electrons. The highest BCUT2D eigenvalue weighted by molar-refractivity contribution is 6.10. The topological polar surface area (TPSA) is 114 Å². The molecule has 0 unspecified atom stereocenters. The van der Waals surface area contributed by atoms with Crippen LogP contribution in [0, 0.1) is 0 Å². The van der Waals surface area contributed by atoms with E-state index in [0.717, 1.165) is 64.5 Å². The van der Waals surface area contributed by atoms with E-state index in [1.54, 1.807) is 20.4 Å². The molecule has 7 rings (SSSR count). The monoisotopic (exact) mass is 512 g/mol. The van der Waals surface area contributed by atoms with Gasteiger partial charge in [-0.3, -0.25) is 9.89 Å². The number of hydrogen-bond donors (Lipinski definition) is 3. The number of nitrogens with zero attached hydrogens (tertiary/aromatic N) is 3. The highest BCUT2D eigenvalue weighted by Crippen LogP contribution is 2.65. The van der Waals surface area contributed by atoms with E-state index in [4.69, 9.17) is 14.2 Å². The predicted octanol–water partition coefficient (Wildman–Crippen LogP) is 3.93. The van der Waals surface area contributed by atoms with E-state index in [-0.39, 0.29) is 11.8 Å². The van der Waals surface area contributed by atoms with Gasteiger partial charge in [-0.05, 0) is 53.9 Å². The van der Waals surface area contributed by atoms with Crippen LogP contribution in [0.5, 0.6) is 11.5 Å². The number of amides is 1. The maximum Gasteiger partial charge on any atom is 0.235 e. The van der Waals surface area contributed by atoms with Gasteiger partial charge in [0.2, 0.25) is 5.91 Å². The molecule has 2 atom stereocenters. The minimum atomic E-state index is -0.543. The van der Waals surface area contributed by atoms with Crippen molar-refractivity contribution < 1.29 is 19.0 Å². The van der Waals surface area contributed by atoms with Gasteiger partial charge in [-0.25, -0.2) is 4.98 Å². The number of methoxy groups -OCH3 is 2. The van der Waals surface area contributed by atoms with E-state index < -0.39 is 5.41 Å². The molecule has 38 heavy (non-hydrogen) atoms. The van der Waals surface area contributed by atoms with Crippen molar-refractivity contribution in [3.63, 3.8) is 0 Å². The Hall–Kier alpha value is -4.31. The van der Waals surface area contributed by atoms with Crippen LogP contribution in [0.25, 0.3) is 10.9 Å². The minimum absolute atomic E-state index is 0.0543. The number of nitrogens with one attached hydrogen (secondary N) is 3. The third-order valence-corrected chi connectivity index (χ3v) is 7.96. The van der Waals surface area contributed by atoms with Gasteiger partial charge < -0.3 is 29.7 Å². The maximum absolute atomic E-state index is 13.1. The van der Waals surface area contributed by atoms with Gasteiger partial charge in [0.15, 0.2) is 17.4 Å². The molecule has 1 saturated heterocycles. The molecule has 4 heterocycles. The summed E-state index contributed by atoms with van der Waals surface area (Å²) in [5.74, 6) is 3.06. The van der Waals surface area contributed by atoms with Crippen LogP contribution < -0.4 is 25.0 Å². The second kappa shape index (κ2) is 8.63. The van der Waals surface area contributed by atoms with Crippen molar-refractivity contribution in [3.05, 3.63) is 59.8 Å². The van der Waals surface area contributed by atoms with Gasteiger partial charge >= 0.3 is 0 Å². The number of pyridine rings is 1. The molecule has 1 aliphatic carbocycles. The average Bonchev–Trinajstić information content (AvgIpc) is 3.51. The molecule has 2 aromatic heterocycles. The fraction of sp³-hybridized carbons (Fsp3) is 0.321. The van der Waals surface area contributed by atoms with E-state index >= 15 is 0 Å². The summed E-state index contributed by atoms with van der Waals surface area (Å²) < 4.78 is 16.7. The Morgan fingerprint density at radius 2 is 1.97 bits per heavy atom. The summed E-state index contributed by atoms with van der Waals surface area (Å²) in [4.78, 5) is 19.8. The molecule has 1 saturated carbocycles. The first-order chi connectivity index (χ1) is 18.6. The summed E-state index contributed by atoms with van der Waals surface area (Å²) in [7, 11) is 3.30. The smallest absolute Gasteiger partial charge is 0.235 e. The fourth-order valence-corrected chi connectivity index (χ4v) is 5.91. The summed E-state index contributed by atoms with van der Waals surface area (Å²) in [6, 6.07) is 13.9. The predicted molar refractivity (Wildman–Crippen MR) is 144 cm³/mol. The number of rotatable bonds is 6. The van der Waals surface area contributed by atoms with Gasteiger partial charge in [0.25, 0.3) is 0 Å². The molecule has 2 aromatic carbocycles. The quantitative estimate of drug-likeness (QED) is 0.356. The summed E-state index contributed by atoms with van der Waals surface area (Å²) in [6.07, 6.45) is 2.54. The van der Waals surface area contributed by atoms with Crippen molar-refractivity contribution in [1.29, 1.82) is 0 Å². The Bertz CT molecular complexity index is 1560. The zero-order valence-electron chi connectivity index (χ0n) is 21.2. The molecule has 0 radical (unpaired) electrons. The Balaban J connectivity index is 1.18. The second-order valence-electron chi connectivity index (χ2n) is 9.91. The molecular formula is C28H28N6O4. The van der Waals surface area contributed by atoms with E-state index in [1.807, 2.05) is 24.3 Å². The number of ether oxygens (including phenoxy) is 3. The van der Waals surface area contributed by atoms with Crippen molar-refractivity contribution in [1.82, 2.24) is 15.2 Å². The van der Waals surface area contributed by atoms with Crippen LogP contribution in [0.1, 0.15) is 23.5 Å². The minimum Gasteiger partial charge on any atom is -0.497 e. The standard InChI is InChI=1S/C28H28N6O4/c1-36-17-4-6-21-19(14-17)28(27(35)31-21)15-20(28)16-3-5-18-23(13-16)32-33-25(18)30-22-7-8-29-26(24(22)37-2)34-9-11-38-12-10-34/h3-8,13-14,20H,9-12,15H2,1-2H3,(H,31,35)(H2,29,30,32,33)/t20-,28-/m0/s1. The van der Waals surface area contributed by atoms with Gasteiger partial charge in [0, 0.05) is 36.3 Å². The number of carbonyl (C=O) groups is 1. The van der Waals surface area contributed by atoms with Crippen LogP contribution in [0.2, 0.25) is 0 Å². The number of H-pyrrole nitrogens is 1. The SMILES string of the molecule is COc1ccc2c(c1)[C@]1(C[C@H]1c1ccc3c(Nc4ccnc(N5CCOCC5)c4OC)n[nH]c3c1)C(=O)N2. The van der Waals surface area contributed by atoms with Crippen molar-refractivity contribution in [3.8, 4) is 11.5 Å². The average molecular weight is 513 g/mol. The van der Waals surface area contributed by atoms with Crippen LogP contribution in [-0.4, -0.2) is 61.6 Å². The number of hydrogen-bond acceptors (Lipinski definition) is 8. The number of carbonyl (C=O) groups excluding carboxylic acids is 1. The van der Waals surface area contributed by atoms with Crippen molar-refractivity contribution in [2.75, 3.05) is 56.1 Å². The first-order valence-electron chi connectivity index (χ1n) is 12.7. The highest BCUT2D eigenvalue weighted by atomic mass is 16.5. The Labute approximate surface area is 219 Å². The summed E-state index contributed by atoms with van der Waals surface area (Å²) in [5, 5.41) is 15.1. The van der Waals surface area contributed by atoms with E-state index in [2.05, 4.69) is 48.9 Å². The molecule has 3 aliphatic rings. The largest absolute Gasteiger partial charge is 0.497 e. The van der Waals surface area contributed by atoms with Gasteiger partial charge in [0.05, 0.1) is 44.1 Å². The molecular weight excluding hydrogens is 484 g/mol. The third-order valence-electron chi connectivity index (χ3n) is 7.96. The van der Waals surface area contributed by atoms with Gasteiger partial charge in [0.1, 0.15) is 5.75 Å². The first kappa shape index (κ1) is 22.9. The second-order valence-corrected chi connectivity index (χ2v) is 9.91. The highest BCUT2D eigenvalue weighted by Gasteiger charge is 2.65. The number of benzene rings is 2. The van der Waals surface area contributed by atoms with Crippen LogP contribution in [0.15, 0.2) is 48.7 Å². The Morgan fingerprint density at radius 1 is 1.11 bits per heavy atom. The lowest BCUT2D eigenvalue weighted by Gasteiger charge is -2.29. The molecule has 3 N–H and O–H groups in total. The van der Waals surface area contributed by atoms with Crippen LogP contribution >= 0.6 is 0 Å². The zero-order chi connectivity index (χ0) is 25.9. The lowest BCUT2D eigenvalue weighted by molar-refractivity contribution is -0.118. The van der Waals surface area contributed by atoms with Crippen molar-refractivity contribution >= 4 is 39.8 Å². The van der Waals surface area contributed by atoms with Crippen molar-refractivity contribution in [2.45, 2.75) is 17.8 Å². The fourth-order valence-electron chi connectivity index (χ4n) is 5.91. The van der Waals surface area contributed by atoms with Gasteiger partial charge in [-0.1, -0.05) is 6.07 Å². The lowest BCUT2D eigenvalue weighted by atomic mass is 9.91. The molecule has 1 spiro atoms. The van der Waals surface area contributed by atoms with Gasteiger partial charge in [-0.2, -0.15) is 5.10 Å². The number of aromatic amines is 1. The van der Waals surface area contributed by atoms with Crippen LogP contribution in [0.3, 0.4) is 0 Å². The maximum atomic E-state index is 13.1. The molecule has 10 nitrogen and oxygen atoms in total. The normalized spacial score (nSPS) is 21.9. The summed E-state index contributed by atoms with van der Waals surface area (Å²) in [5.41, 5.74) is 4.14. The first-order valence-corrected chi connectivity index (χ1v) is 12.7. The van der Waals surface area contributed by atoms with E-state index in [0.29, 0.717) is 24.8 Å². The van der Waals surface area contributed by atoms with E-state index in [9.17, 15) is 4.79 Å². The molecule has 0 bridgehead atoms. The summed E-state index contributed by atoms with van der Waals surface area (Å²) in [6.45, 7) is 2.85. The number of anilines is 4. The molecule has 4 aromatic rings. The molecule has 2 fully saturated rings. The summed E-state index contributed by atoms with van der Waals surface area (Å²) >= 11 is 0. The zero-order valence-corrected chi connectivity index (χ0v) is 21.2. The lowest BCUT2D eigenvalue weighted by Crippen LogP contribution is -2.37. The molecule has 1 amide bonds. The molecule has 2 aliphatic heterocycles. The van der Waals surface area contributed by atoms with Crippen LogP contribution in [-0.2, 0) is 14.9 Å². The third kappa shape index (κ3) is 3.40. The van der Waals surface area contributed by atoms with E-state index in [1.165, 1.54) is 0 Å². The van der Waals surface area contributed by atoms with Crippen molar-refractivity contribution in [2.24, 2.45) is 0 Å². The number of morpholine rings is 1. The van der Waals surface area contributed by atoms with Gasteiger partial charge in [-0.15, -0.1) is 0 Å². The van der Waals surface area contributed by atoms with Crippen LogP contribution in [0.4, 0.5) is 23.0 Å². The number of aromatic nitrogens is 3.